The lowest BCUT2D eigenvalue weighted by Crippen LogP contribution is -2.35. The Morgan fingerprint density at radius 3 is 2.87 bits per heavy atom. The van der Waals surface area contributed by atoms with Crippen LogP contribution in [0.15, 0.2) is 5.16 Å². The third-order valence-electron chi connectivity index (χ3n) is 3.40. The van der Waals surface area contributed by atoms with Gasteiger partial charge in [-0.3, -0.25) is 4.90 Å². The summed E-state index contributed by atoms with van der Waals surface area (Å²) in [4.78, 5) is 2.56. The standard InChI is InChI=1S/C11H23N3O/c1-3-10-7-6-9(2)14(10)8-4-5-11(12)13-15/h9-10,15H,3-8H2,1-2H3,(H2,12,13). The van der Waals surface area contributed by atoms with Gasteiger partial charge in [-0.1, -0.05) is 12.1 Å². The minimum Gasteiger partial charge on any atom is -0.409 e. The highest BCUT2D eigenvalue weighted by Crippen LogP contribution is 2.25. The molecule has 1 aliphatic rings. The predicted octanol–water partition coefficient (Wildman–Crippen LogP) is 1.78. The summed E-state index contributed by atoms with van der Waals surface area (Å²) in [6.45, 7) is 5.61. The number of nitrogens with zero attached hydrogens (tertiary/aromatic N) is 2. The second-order valence-electron chi connectivity index (χ2n) is 4.42. The second-order valence-corrected chi connectivity index (χ2v) is 4.42. The third kappa shape index (κ3) is 3.38. The normalized spacial score (nSPS) is 28.5. The van der Waals surface area contributed by atoms with Crippen LogP contribution in [-0.4, -0.2) is 34.6 Å². The van der Waals surface area contributed by atoms with E-state index < -0.39 is 0 Å². The molecular weight excluding hydrogens is 190 g/mol. The molecule has 0 aromatic rings. The van der Waals surface area contributed by atoms with Gasteiger partial charge >= 0.3 is 0 Å². The number of likely N-dealkylation sites (tertiary alicyclic amines) is 1. The van der Waals surface area contributed by atoms with Crippen LogP contribution in [0.5, 0.6) is 0 Å². The van der Waals surface area contributed by atoms with Crippen molar-refractivity contribution in [3.8, 4) is 0 Å². The first-order chi connectivity index (χ1) is 7.19. The first-order valence-electron chi connectivity index (χ1n) is 5.91. The van der Waals surface area contributed by atoms with Gasteiger partial charge in [0.1, 0.15) is 5.84 Å². The van der Waals surface area contributed by atoms with Crippen molar-refractivity contribution in [1.29, 1.82) is 0 Å². The van der Waals surface area contributed by atoms with Gasteiger partial charge in [-0.2, -0.15) is 0 Å². The molecule has 1 saturated heterocycles. The molecule has 2 atom stereocenters. The first kappa shape index (κ1) is 12.3. The van der Waals surface area contributed by atoms with Crippen LogP contribution in [0.4, 0.5) is 0 Å². The molecule has 0 aliphatic carbocycles. The molecule has 1 fully saturated rings. The zero-order valence-corrected chi connectivity index (χ0v) is 9.82. The van der Waals surface area contributed by atoms with Gasteiger partial charge in [0.15, 0.2) is 0 Å². The maximum atomic E-state index is 8.43. The van der Waals surface area contributed by atoms with Crippen molar-refractivity contribution < 1.29 is 5.21 Å². The van der Waals surface area contributed by atoms with Crippen LogP contribution in [0, 0.1) is 0 Å². The molecule has 0 radical (unpaired) electrons. The largest absolute Gasteiger partial charge is 0.409 e. The fourth-order valence-corrected chi connectivity index (χ4v) is 2.46. The summed E-state index contributed by atoms with van der Waals surface area (Å²) in [7, 11) is 0. The van der Waals surface area contributed by atoms with Crippen molar-refractivity contribution >= 4 is 5.84 Å². The van der Waals surface area contributed by atoms with E-state index in [0.717, 1.165) is 19.0 Å². The molecule has 0 saturated carbocycles. The summed E-state index contributed by atoms with van der Waals surface area (Å²) in [6.07, 6.45) is 5.53. The molecule has 3 N–H and O–H groups in total. The van der Waals surface area contributed by atoms with Crippen molar-refractivity contribution in [2.24, 2.45) is 10.9 Å². The van der Waals surface area contributed by atoms with Crippen LogP contribution in [0.2, 0.25) is 0 Å². The van der Waals surface area contributed by atoms with Crippen molar-refractivity contribution in [3.05, 3.63) is 0 Å². The van der Waals surface area contributed by atoms with Gasteiger partial charge in [-0.15, -0.1) is 0 Å². The second kappa shape index (κ2) is 5.95. The van der Waals surface area contributed by atoms with Crippen LogP contribution in [0.25, 0.3) is 0 Å². The smallest absolute Gasteiger partial charge is 0.139 e. The van der Waals surface area contributed by atoms with Crippen molar-refractivity contribution in [2.75, 3.05) is 6.54 Å². The third-order valence-corrected chi connectivity index (χ3v) is 3.40. The maximum absolute atomic E-state index is 8.43. The summed E-state index contributed by atoms with van der Waals surface area (Å²) in [5.74, 6) is 0.342. The molecule has 0 amide bonds. The lowest BCUT2D eigenvalue weighted by atomic mass is 10.1. The van der Waals surface area contributed by atoms with E-state index in [1.54, 1.807) is 0 Å². The van der Waals surface area contributed by atoms with Gasteiger partial charge in [-0.25, -0.2) is 0 Å². The Bertz CT molecular complexity index is 218. The molecule has 2 unspecified atom stereocenters. The Kier molecular flexibility index (Phi) is 4.88. The van der Waals surface area contributed by atoms with Crippen molar-refractivity contribution in [2.45, 2.75) is 58.0 Å². The van der Waals surface area contributed by atoms with Crippen molar-refractivity contribution in [1.82, 2.24) is 4.90 Å². The SMILES string of the molecule is CCC1CCC(C)N1CCCC(N)=NO. The fourth-order valence-electron chi connectivity index (χ4n) is 2.46. The summed E-state index contributed by atoms with van der Waals surface area (Å²) in [6, 6.07) is 1.44. The van der Waals surface area contributed by atoms with Crippen LogP contribution in [0.1, 0.15) is 46.0 Å². The minimum absolute atomic E-state index is 0.342. The van der Waals surface area contributed by atoms with Crippen LogP contribution >= 0.6 is 0 Å². The lowest BCUT2D eigenvalue weighted by Gasteiger charge is -2.27. The van der Waals surface area contributed by atoms with Gasteiger partial charge in [-0.05, 0) is 39.2 Å². The zero-order chi connectivity index (χ0) is 11.3. The van der Waals surface area contributed by atoms with Gasteiger partial charge in [0.2, 0.25) is 0 Å². The average molecular weight is 213 g/mol. The number of hydrogen-bond donors (Lipinski definition) is 2. The monoisotopic (exact) mass is 213 g/mol. The number of amidine groups is 1. The van der Waals surface area contributed by atoms with E-state index in [2.05, 4.69) is 23.9 Å². The summed E-state index contributed by atoms with van der Waals surface area (Å²) in [5, 5.41) is 11.4. The van der Waals surface area contributed by atoms with E-state index in [1.807, 2.05) is 0 Å². The molecule has 0 aromatic heterocycles. The van der Waals surface area contributed by atoms with Crippen LogP contribution in [0.3, 0.4) is 0 Å². The number of rotatable bonds is 5. The van der Waals surface area contributed by atoms with Gasteiger partial charge in [0, 0.05) is 18.5 Å². The predicted molar refractivity (Wildman–Crippen MR) is 62.1 cm³/mol. The molecule has 0 aromatic carbocycles. The quantitative estimate of drug-likeness (QED) is 0.317. The Labute approximate surface area is 92.1 Å². The number of oxime groups is 1. The van der Waals surface area contributed by atoms with E-state index in [0.29, 0.717) is 18.3 Å². The molecule has 0 spiro atoms. The number of hydrogen-bond acceptors (Lipinski definition) is 3. The Balaban J connectivity index is 2.30. The highest BCUT2D eigenvalue weighted by Gasteiger charge is 2.28. The highest BCUT2D eigenvalue weighted by molar-refractivity contribution is 5.79. The van der Waals surface area contributed by atoms with E-state index >= 15 is 0 Å². The fraction of sp³-hybridized carbons (Fsp3) is 0.909. The molecule has 1 rings (SSSR count). The minimum atomic E-state index is 0.342. The lowest BCUT2D eigenvalue weighted by molar-refractivity contribution is 0.197. The molecule has 1 heterocycles. The Morgan fingerprint density at radius 2 is 2.27 bits per heavy atom. The van der Waals surface area contributed by atoms with Gasteiger partial charge in [0.05, 0.1) is 0 Å². The van der Waals surface area contributed by atoms with Gasteiger partial charge < -0.3 is 10.9 Å². The topological polar surface area (TPSA) is 61.8 Å². The summed E-state index contributed by atoms with van der Waals surface area (Å²) in [5.41, 5.74) is 5.44. The van der Waals surface area contributed by atoms with Gasteiger partial charge in [0.25, 0.3) is 0 Å². The van der Waals surface area contributed by atoms with E-state index in [4.69, 9.17) is 10.9 Å². The zero-order valence-electron chi connectivity index (χ0n) is 9.82. The highest BCUT2D eigenvalue weighted by atomic mass is 16.4. The molecule has 4 nitrogen and oxygen atoms in total. The average Bonchev–Trinajstić information content (AvgIpc) is 2.60. The first-order valence-corrected chi connectivity index (χ1v) is 5.91. The molecule has 15 heavy (non-hydrogen) atoms. The summed E-state index contributed by atoms with van der Waals surface area (Å²) >= 11 is 0. The van der Waals surface area contributed by atoms with Crippen molar-refractivity contribution in [3.63, 3.8) is 0 Å². The Morgan fingerprint density at radius 1 is 1.53 bits per heavy atom. The molecular formula is C11H23N3O. The molecule has 1 aliphatic heterocycles. The maximum Gasteiger partial charge on any atom is 0.139 e. The molecule has 0 bridgehead atoms. The number of nitrogens with two attached hydrogens (primary N) is 1. The Hall–Kier alpha value is -0.770. The molecule has 88 valence electrons. The summed E-state index contributed by atoms with van der Waals surface area (Å²) < 4.78 is 0. The van der Waals surface area contributed by atoms with E-state index in [-0.39, 0.29) is 0 Å². The van der Waals surface area contributed by atoms with Crippen LogP contribution < -0.4 is 5.73 Å². The van der Waals surface area contributed by atoms with Crippen LogP contribution in [-0.2, 0) is 0 Å². The van der Waals surface area contributed by atoms with E-state index in [9.17, 15) is 0 Å². The molecule has 4 heteroatoms. The van der Waals surface area contributed by atoms with E-state index in [1.165, 1.54) is 19.3 Å².